The summed E-state index contributed by atoms with van der Waals surface area (Å²) in [5, 5.41) is 2.92. The molecule has 0 aliphatic carbocycles. The first-order valence-corrected chi connectivity index (χ1v) is 13.6. The Morgan fingerprint density at radius 1 is 0.853 bits per heavy atom. The molecule has 0 saturated heterocycles. The fraction of sp³-hybridized carbons (Fsp3) is 0.586. The predicted octanol–water partition coefficient (Wildman–Crippen LogP) is 7.69. The molecule has 2 aromatic heterocycles. The van der Waals surface area contributed by atoms with Crippen LogP contribution in [0.25, 0.3) is 11.0 Å². The lowest BCUT2D eigenvalue weighted by Crippen LogP contribution is -2.23. The second-order valence-electron chi connectivity index (χ2n) is 9.39. The van der Waals surface area contributed by atoms with E-state index < -0.39 is 0 Å². The summed E-state index contributed by atoms with van der Waals surface area (Å²) in [5.41, 5.74) is 2.37. The summed E-state index contributed by atoms with van der Waals surface area (Å²) in [7, 11) is 0. The van der Waals surface area contributed by atoms with E-state index in [1.165, 1.54) is 81.8 Å². The predicted molar refractivity (Wildman–Crippen MR) is 140 cm³/mol. The van der Waals surface area contributed by atoms with Crippen molar-refractivity contribution in [2.45, 2.75) is 103 Å². The molecule has 1 N–H and O–H groups in total. The third-order valence-corrected chi connectivity index (χ3v) is 6.58. The number of hydrogen-bond donors (Lipinski definition) is 1. The Balaban J connectivity index is 1.35. The van der Waals surface area contributed by atoms with Crippen LogP contribution in [0.3, 0.4) is 0 Å². The maximum Gasteiger partial charge on any atom is 0.286 e. The number of nitrogens with one attached hydrogen (secondary N) is 1. The smallest absolute Gasteiger partial charge is 0.286 e. The van der Waals surface area contributed by atoms with Gasteiger partial charge in [-0.15, -0.1) is 0 Å². The summed E-state index contributed by atoms with van der Waals surface area (Å²) in [5.74, 6) is 1.45. The van der Waals surface area contributed by atoms with Crippen molar-refractivity contribution in [3.63, 3.8) is 0 Å². The summed E-state index contributed by atoms with van der Waals surface area (Å²) < 4.78 is 7.57. The van der Waals surface area contributed by atoms with Crippen LogP contribution in [0.2, 0.25) is 0 Å². The number of hydrogen-bond acceptors (Lipinski definition) is 3. The average molecular weight is 466 g/mol. The van der Waals surface area contributed by atoms with E-state index in [1.807, 2.05) is 0 Å². The lowest BCUT2D eigenvalue weighted by atomic mass is 10.1. The molecule has 0 spiro atoms. The van der Waals surface area contributed by atoms with E-state index in [2.05, 4.69) is 41.1 Å². The Morgan fingerprint density at radius 2 is 1.56 bits per heavy atom. The number of furan rings is 1. The number of fused-ring (bicyclic) bond motifs is 1. The van der Waals surface area contributed by atoms with Gasteiger partial charge in [-0.1, -0.05) is 83.3 Å². The maximum atomic E-state index is 11.9. The molecule has 0 fully saturated rings. The minimum Gasteiger partial charge on any atom is -0.459 e. The summed E-state index contributed by atoms with van der Waals surface area (Å²) in [6.07, 6.45) is 19.2. The molecule has 1 amide bonds. The second-order valence-corrected chi connectivity index (χ2v) is 9.39. The number of para-hydroxylation sites is 2. The lowest BCUT2D eigenvalue weighted by Gasteiger charge is -2.10. The number of amides is 1. The zero-order chi connectivity index (χ0) is 23.8. The van der Waals surface area contributed by atoms with Gasteiger partial charge in [-0.05, 0) is 43.5 Å². The molecule has 0 aliphatic rings. The Hall–Kier alpha value is -2.56. The van der Waals surface area contributed by atoms with Crippen LogP contribution in [-0.4, -0.2) is 22.0 Å². The number of unbranched alkanes of at least 4 members (excludes halogenated alkanes) is 11. The quantitative estimate of drug-likeness (QED) is 0.196. The van der Waals surface area contributed by atoms with Crippen LogP contribution in [0.4, 0.5) is 0 Å². The molecule has 186 valence electrons. The molecular formula is C29H43N3O2. The van der Waals surface area contributed by atoms with Crippen molar-refractivity contribution in [1.29, 1.82) is 0 Å². The Morgan fingerprint density at radius 3 is 2.29 bits per heavy atom. The standard InChI is InChI=1S/C29H43N3O2/c1-2-3-4-5-6-7-8-9-10-16-23-32-26-19-14-13-18-25(26)31-28(32)21-12-11-15-22-30-29(33)27-20-17-24-34-27/h13-14,17-20,24H,2-12,15-16,21-23H2,1H3,(H,30,33). The van der Waals surface area contributed by atoms with Gasteiger partial charge in [0, 0.05) is 19.5 Å². The van der Waals surface area contributed by atoms with Crippen molar-refractivity contribution in [1.82, 2.24) is 14.9 Å². The topological polar surface area (TPSA) is 60.1 Å². The van der Waals surface area contributed by atoms with Crippen molar-refractivity contribution < 1.29 is 9.21 Å². The fourth-order valence-electron chi connectivity index (χ4n) is 4.60. The van der Waals surface area contributed by atoms with Crippen molar-refractivity contribution in [3.8, 4) is 0 Å². The molecule has 0 radical (unpaired) electrons. The van der Waals surface area contributed by atoms with Crippen LogP contribution in [-0.2, 0) is 13.0 Å². The van der Waals surface area contributed by atoms with E-state index in [0.29, 0.717) is 12.3 Å². The van der Waals surface area contributed by atoms with Crippen LogP contribution in [0.5, 0.6) is 0 Å². The number of imidazole rings is 1. The van der Waals surface area contributed by atoms with E-state index in [-0.39, 0.29) is 5.91 Å². The van der Waals surface area contributed by atoms with Crippen LogP contribution >= 0.6 is 0 Å². The van der Waals surface area contributed by atoms with Gasteiger partial charge in [0.05, 0.1) is 17.3 Å². The zero-order valence-electron chi connectivity index (χ0n) is 21.1. The molecule has 0 bridgehead atoms. The molecule has 2 heterocycles. The Labute approximate surface area is 205 Å². The minimum absolute atomic E-state index is 0.136. The van der Waals surface area contributed by atoms with Gasteiger partial charge in [0.1, 0.15) is 5.82 Å². The molecule has 0 atom stereocenters. The van der Waals surface area contributed by atoms with E-state index in [0.717, 1.165) is 37.7 Å². The monoisotopic (exact) mass is 465 g/mol. The van der Waals surface area contributed by atoms with Gasteiger partial charge in [-0.2, -0.15) is 0 Å². The van der Waals surface area contributed by atoms with Crippen LogP contribution in [0.15, 0.2) is 47.1 Å². The molecule has 0 saturated carbocycles. The minimum atomic E-state index is -0.136. The van der Waals surface area contributed by atoms with Crippen LogP contribution in [0.1, 0.15) is 107 Å². The number of rotatable bonds is 18. The number of carbonyl (C=O) groups is 1. The van der Waals surface area contributed by atoms with Gasteiger partial charge >= 0.3 is 0 Å². The SMILES string of the molecule is CCCCCCCCCCCCn1c(CCCCCNC(=O)c2ccco2)nc2ccccc21. The summed E-state index contributed by atoms with van der Waals surface area (Å²) in [6.45, 7) is 4.02. The molecule has 5 nitrogen and oxygen atoms in total. The van der Waals surface area contributed by atoms with Crippen molar-refractivity contribution in [2.75, 3.05) is 6.54 Å². The van der Waals surface area contributed by atoms with E-state index >= 15 is 0 Å². The van der Waals surface area contributed by atoms with Gasteiger partial charge in [-0.25, -0.2) is 4.98 Å². The third kappa shape index (κ3) is 8.66. The lowest BCUT2D eigenvalue weighted by molar-refractivity contribution is 0.0925. The first kappa shape index (κ1) is 26.1. The molecule has 0 aliphatic heterocycles. The van der Waals surface area contributed by atoms with Gasteiger partial charge in [0.25, 0.3) is 5.91 Å². The van der Waals surface area contributed by atoms with Gasteiger partial charge in [-0.3, -0.25) is 4.79 Å². The first-order valence-electron chi connectivity index (χ1n) is 13.6. The van der Waals surface area contributed by atoms with E-state index in [4.69, 9.17) is 9.40 Å². The van der Waals surface area contributed by atoms with E-state index in [1.54, 1.807) is 12.1 Å². The largest absolute Gasteiger partial charge is 0.459 e. The zero-order valence-corrected chi connectivity index (χ0v) is 21.1. The summed E-state index contributed by atoms with van der Waals surface area (Å²) in [6, 6.07) is 11.9. The number of aromatic nitrogens is 2. The normalized spacial score (nSPS) is 11.3. The molecule has 5 heteroatoms. The summed E-state index contributed by atoms with van der Waals surface area (Å²) in [4.78, 5) is 16.9. The molecule has 0 unspecified atom stereocenters. The third-order valence-electron chi connectivity index (χ3n) is 6.58. The van der Waals surface area contributed by atoms with Crippen LogP contribution < -0.4 is 5.32 Å². The number of benzene rings is 1. The highest BCUT2D eigenvalue weighted by atomic mass is 16.3. The van der Waals surface area contributed by atoms with Gasteiger partial charge in [0.15, 0.2) is 5.76 Å². The molecule has 1 aromatic carbocycles. The number of nitrogens with zero attached hydrogens (tertiary/aromatic N) is 2. The van der Waals surface area contributed by atoms with Crippen LogP contribution in [0, 0.1) is 0 Å². The maximum absolute atomic E-state index is 11.9. The molecule has 34 heavy (non-hydrogen) atoms. The molecule has 3 aromatic rings. The Bertz CT molecular complexity index is 946. The average Bonchev–Trinajstić information content (AvgIpc) is 3.51. The van der Waals surface area contributed by atoms with Crippen molar-refractivity contribution >= 4 is 16.9 Å². The second kappa shape index (κ2) is 15.4. The van der Waals surface area contributed by atoms with Gasteiger partial charge in [0.2, 0.25) is 0 Å². The highest BCUT2D eigenvalue weighted by molar-refractivity contribution is 5.91. The van der Waals surface area contributed by atoms with Crippen molar-refractivity contribution in [2.24, 2.45) is 0 Å². The van der Waals surface area contributed by atoms with Crippen molar-refractivity contribution in [3.05, 3.63) is 54.2 Å². The number of carbonyl (C=O) groups excluding carboxylic acids is 1. The first-order chi connectivity index (χ1) is 16.8. The highest BCUT2D eigenvalue weighted by Gasteiger charge is 2.10. The highest BCUT2D eigenvalue weighted by Crippen LogP contribution is 2.19. The summed E-state index contributed by atoms with van der Waals surface area (Å²) >= 11 is 0. The van der Waals surface area contributed by atoms with Gasteiger partial charge < -0.3 is 14.3 Å². The molecular weight excluding hydrogens is 422 g/mol. The fourth-order valence-corrected chi connectivity index (χ4v) is 4.60. The number of aryl methyl sites for hydroxylation is 2. The van der Waals surface area contributed by atoms with E-state index in [9.17, 15) is 4.79 Å². The Kier molecular flexibility index (Phi) is 11.8. The molecule has 3 rings (SSSR count).